The summed E-state index contributed by atoms with van der Waals surface area (Å²) in [6, 6.07) is 13.8. The van der Waals surface area contributed by atoms with Crippen molar-refractivity contribution in [1.82, 2.24) is 9.88 Å². The molecule has 0 saturated carbocycles. The summed E-state index contributed by atoms with van der Waals surface area (Å²) in [5.74, 6) is -0.212. The Morgan fingerprint density at radius 2 is 1.58 bits per heavy atom. The summed E-state index contributed by atoms with van der Waals surface area (Å²) in [5, 5.41) is 0.622. The predicted octanol–water partition coefficient (Wildman–Crippen LogP) is 3.79. The largest absolute Gasteiger partial charge is 0.444 e. The molecule has 24 heavy (non-hydrogen) atoms. The van der Waals surface area contributed by atoms with E-state index in [0.717, 1.165) is 5.56 Å². The van der Waals surface area contributed by atoms with Crippen LogP contribution in [0.15, 0.2) is 59.2 Å². The molecule has 1 aliphatic heterocycles. The normalized spacial score (nSPS) is 13.5. The molecule has 1 aromatic heterocycles. The van der Waals surface area contributed by atoms with Gasteiger partial charge in [-0.05, 0) is 36.4 Å². The maximum Gasteiger partial charge on any atom is 0.261 e. The van der Waals surface area contributed by atoms with Gasteiger partial charge in [0, 0.05) is 10.6 Å². The topological polar surface area (TPSA) is 63.4 Å². The van der Waals surface area contributed by atoms with Gasteiger partial charge in [0.05, 0.1) is 23.4 Å². The third-order valence-corrected chi connectivity index (χ3v) is 4.09. The SMILES string of the molecule is O=C1c2ccccc2C(=O)N1Cc1coc(-c2ccc(Cl)cc2)n1. The molecule has 0 spiro atoms. The van der Waals surface area contributed by atoms with E-state index < -0.39 is 0 Å². The zero-order valence-corrected chi connectivity index (χ0v) is 13.2. The monoisotopic (exact) mass is 338 g/mol. The molecule has 3 aromatic rings. The lowest BCUT2D eigenvalue weighted by atomic mass is 10.1. The van der Waals surface area contributed by atoms with E-state index >= 15 is 0 Å². The third-order valence-electron chi connectivity index (χ3n) is 3.84. The second-order valence-corrected chi connectivity index (χ2v) is 5.83. The average Bonchev–Trinajstić information content (AvgIpc) is 3.16. The van der Waals surface area contributed by atoms with Crippen molar-refractivity contribution in [2.75, 3.05) is 0 Å². The van der Waals surface area contributed by atoms with E-state index in [9.17, 15) is 9.59 Å². The highest BCUT2D eigenvalue weighted by atomic mass is 35.5. The number of hydrogen-bond donors (Lipinski definition) is 0. The lowest BCUT2D eigenvalue weighted by Crippen LogP contribution is -2.29. The highest BCUT2D eigenvalue weighted by Crippen LogP contribution is 2.25. The maximum atomic E-state index is 12.4. The molecule has 0 aliphatic carbocycles. The maximum absolute atomic E-state index is 12.4. The second kappa shape index (κ2) is 5.62. The van der Waals surface area contributed by atoms with Crippen LogP contribution in [-0.2, 0) is 6.54 Å². The molecule has 4 rings (SSSR count). The summed E-state index contributed by atoms with van der Waals surface area (Å²) in [4.78, 5) is 30.2. The van der Waals surface area contributed by atoms with Crippen LogP contribution in [0.3, 0.4) is 0 Å². The van der Waals surface area contributed by atoms with Gasteiger partial charge in [-0.2, -0.15) is 0 Å². The Balaban J connectivity index is 1.58. The van der Waals surface area contributed by atoms with Crippen LogP contribution in [0, 0.1) is 0 Å². The van der Waals surface area contributed by atoms with Crippen LogP contribution in [0.1, 0.15) is 26.4 Å². The van der Waals surface area contributed by atoms with Gasteiger partial charge in [-0.1, -0.05) is 23.7 Å². The first-order valence-electron chi connectivity index (χ1n) is 7.29. The number of benzene rings is 2. The Morgan fingerprint density at radius 3 is 2.21 bits per heavy atom. The van der Waals surface area contributed by atoms with E-state index in [0.29, 0.717) is 27.7 Å². The van der Waals surface area contributed by atoms with Crippen molar-refractivity contribution in [2.45, 2.75) is 6.54 Å². The number of oxazole rings is 1. The molecular weight excluding hydrogens is 328 g/mol. The van der Waals surface area contributed by atoms with Gasteiger partial charge in [0.25, 0.3) is 11.8 Å². The van der Waals surface area contributed by atoms with Crippen molar-refractivity contribution < 1.29 is 14.0 Å². The minimum Gasteiger partial charge on any atom is -0.444 e. The van der Waals surface area contributed by atoms with E-state index in [-0.39, 0.29) is 18.4 Å². The molecular formula is C18H11ClN2O3. The molecule has 0 atom stereocenters. The number of carbonyl (C=O) groups excluding carboxylic acids is 2. The number of aromatic nitrogens is 1. The van der Waals surface area contributed by atoms with Gasteiger partial charge in [-0.3, -0.25) is 14.5 Å². The number of halogens is 1. The quantitative estimate of drug-likeness (QED) is 0.681. The number of amides is 2. The molecule has 0 radical (unpaired) electrons. The number of rotatable bonds is 3. The molecule has 0 saturated heterocycles. The van der Waals surface area contributed by atoms with Crippen molar-refractivity contribution >= 4 is 23.4 Å². The standard InChI is InChI=1S/C18H11ClN2O3/c19-12-7-5-11(6-8-12)16-20-13(10-24-16)9-21-17(22)14-3-1-2-4-15(14)18(21)23/h1-8,10H,9H2. The number of nitrogens with zero attached hydrogens (tertiary/aromatic N) is 2. The molecule has 118 valence electrons. The molecule has 0 N–H and O–H groups in total. The van der Waals surface area contributed by atoms with Gasteiger partial charge in [0.2, 0.25) is 5.89 Å². The van der Waals surface area contributed by atoms with Crippen molar-refractivity contribution in [1.29, 1.82) is 0 Å². The molecule has 2 amide bonds. The first kappa shape index (κ1) is 14.7. The Bertz CT molecular complexity index is 912. The van der Waals surface area contributed by atoms with Crippen molar-refractivity contribution in [3.05, 3.63) is 76.6 Å². The predicted molar refractivity (Wildman–Crippen MR) is 87.6 cm³/mol. The van der Waals surface area contributed by atoms with E-state index in [2.05, 4.69) is 4.98 Å². The summed E-state index contributed by atoms with van der Waals surface area (Å²) in [6.45, 7) is 0.0729. The van der Waals surface area contributed by atoms with Crippen LogP contribution in [0.4, 0.5) is 0 Å². The Morgan fingerprint density at radius 1 is 0.958 bits per heavy atom. The van der Waals surface area contributed by atoms with E-state index in [1.807, 2.05) is 0 Å². The molecule has 0 bridgehead atoms. The van der Waals surface area contributed by atoms with Gasteiger partial charge in [0.1, 0.15) is 6.26 Å². The zero-order chi connectivity index (χ0) is 16.7. The highest BCUT2D eigenvalue weighted by molar-refractivity contribution is 6.30. The Hall–Kier alpha value is -2.92. The van der Waals surface area contributed by atoms with Crippen LogP contribution < -0.4 is 0 Å². The summed E-state index contributed by atoms with van der Waals surface area (Å²) in [6.07, 6.45) is 1.45. The van der Waals surface area contributed by atoms with Crippen molar-refractivity contribution in [2.24, 2.45) is 0 Å². The smallest absolute Gasteiger partial charge is 0.261 e. The molecule has 6 heteroatoms. The lowest BCUT2D eigenvalue weighted by molar-refractivity contribution is 0.0640. The Kier molecular flexibility index (Phi) is 3.43. The van der Waals surface area contributed by atoms with Gasteiger partial charge in [0.15, 0.2) is 0 Å². The second-order valence-electron chi connectivity index (χ2n) is 5.39. The fourth-order valence-electron chi connectivity index (χ4n) is 2.65. The fourth-order valence-corrected chi connectivity index (χ4v) is 2.78. The highest BCUT2D eigenvalue weighted by Gasteiger charge is 2.35. The molecule has 1 aliphatic rings. The van der Waals surface area contributed by atoms with Crippen LogP contribution in [0.25, 0.3) is 11.5 Å². The summed E-state index contributed by atoms with van der Waals surface area (Å²) < 4.78 is 5.44. The zero-order valence-electron chi connectivity index (χ0n) is 12.4. The van der Waals surface area contributed by atoms with Gasteiger partial charge >= 0.3 is 0 Å². The molecule has 2 aromatic carbocycles. The fraction of sp³-hybridized carbons (Fsp3) is 0.0556. The molecule has 0 unspecified atom stereocenters. The number of fused-ring (bicyclic) bond motifs is 1. The number of imide groups is 1. The Labute approximate surface area is 142 Å². The first-order valence-corrected chi connectivity index (χ1v) is 7.67. The van der Waals surface area contributed by atoms with Gasteiger partial charge in [-0.15, -0.1) is 0 Å². The minimum atomic E-state index is -0.313. The van der Waals surface area contributed by atoms with Crippen molar-refractivity contribution in [3.63, 3.8) is 0 Å². The van der Waals surface area contributed by atoms with Crippen LogP contribution in [0.2, 0.25) is 5.02 Å². The van der Waals surface area contributed by atoms with Crippen molar-refractivity contribution in [3.8, 4) is 11.5 Å². The average molecular weight is 339 g/mol. The van der Waals surface area contributed by atoms with Crippen LogP contribution in [-0.4, -0.2) is 21.7 Å². The van der Waals surface area contributed by atoms with E-state index in [1.165, 1.54) is 11.2 Å². The third kappa shape index (κ3) is 2.39. The van der Waals surface area contributed by atoms with Crippen LogP contribution >= 0.6 is 11.6 Å². The van der Waals surface area contributed by atoms with Gasteiger partial charge in [-0.25, -0.2) is 4.98 Å². The number of carbonyl (C=O) groups is 2. The minimum absolute atomic E-state index is 0.0729. The summed E-state index contributed by atoms with van der Waals surface area (Å²) >= 11 is 5.86. The molecule has 5 nitrogen and oxygen atoms in total. The van der Waals surface area contributed by atoms with Gasteiger partial charge < -0.3 is 4.42 Å². The van der Waals surface area contributed by atoms with E-state index in [4.69, 9.17) is 16.0 Å². The van der Waals surface area contributed by atoms with Crippen LogP contribution in [0.5, 0.6) is 0 Å². The summed E-state index contributed by atoms with van der Waals surface area (Å²) in [5.41, 5.74) is 2.12. The molecule has 2 heterocycles. The lowest BCUT2D eigenvalue weighted by Gasteiger charge is -2.11. The van der Waals surface area contributed by atoms with E-state index in [1.54, 1.807) is 48.5 Å². The number of hydrogen-bond acceptors (Lipinski definition) is 4. The first-order chi connectivity index (χ1) is 11.6. The molecule has 0 fully saturated rings. The summed E-state index contributed by atoms with van der Waals surface area (Å²) in [7, 11) is 0.